The van der Waals surface area contributed by atoms with Crippen LogP contribution in [0.15, 0.2) is 42.5 Å². The van der Waals surface area contributed by atoms with Crippen molar-refractivity contribution in [2.24, 2.45) is 0 Å². The molecule has 2 rings (SSSR count). The third kappa shape index (κ3) is 3.26. The second-order valence-electron chi connectivity index (χ2n) is 4.49. The predicted octanol–water partition coefficient (Wildman–Crippen LogP) is 4.51. The molecule has 2 nitrogen and oxygen atoms in total. The number of rotatable bonds is 5. The van der Waals surface area contributed by atoms with Crippen LogP contribution in [0.5, 0.6) is 5.75 Å². The summed E-state index contributed by atoms with van der Waals surface area (Å²) in [6, 6.07) is 13.6. The zero-order valence-corrected chi connectivity index (χ0v) is 13.0. The van der Waals surface area contributed by atoms with Crippen LogP contribution in [0.25, 0.3) is 0 Å². The summed E-state index contributed by atoms with van der Waals surface area (Å²) in [5.41, 5.74) is 2.04. The smallest absolute Gasteiger partial charge is 0.123 e. The van der Waals surface area contributed by atoms with E-state index in [-0.39, 0.29) is 6.04 Å². The second-order valence-corrected chi connectivity index (χ2v) is 5.30. The molecule has 1 unspecified atom stereocenters. The van der Waals surface area contributed by atoms with Gasteiger partial charge in [-0.25, -0.2) is 0 Å². The number of ether oxygens (including phenoxy) is 1. The van der Waals surface area contributed by atoms with Gasteiger partial charge in [0.15, 0.2) is 0 Å². The van der Waals surface area contributed by atoms with E-state index in [1.807, 2.05) is 49.5 Å². The Morgan fingerprint density at radius 1 is 1.05 bits per heavy atom. The zero-order valence-electron chi connectivity index (χ0n) is 11.5. The van der Waals surface area contributed by atoms with Crippen LogP contribution < -0.4 is 10.1 Å². The van der Waals surface area contributed by atoms with Gasteiger partial charge in [0.1, 0.15) is 5.75 Å². The Balaban J connectivity index is 2.34. The molecular formula is C16H17Cl2NO. The minimum atomic E-state index is 0.0866. The van der Waals surface area contributed by atoms with E-state index < -0.39 is 0 Å². The van der Waals surface area contributed by atoms with Gasteiger partial charge in [-0.1, -0.05) is 47.5 Å². The summed E-state index contributed by atoms with van der Waals surface area (Å²) in [6.45, 7) is 0. The number of para-hydroxylation sites is 1. The Bertz CT molecular complexity index is 566. The maximum atomic E-state index is 6.25. The van der Waals surface area contributed by atoms with E-state index in [9.17, 15) is 0 Å². The molecule has 0 aromatic heterocycles. The van der Waals surface area contributed by atoms with Crippen LogP contribution in [0.3, 0.4) is 0 Å². The van der Waals surface area contributed by atoms with Gasteiger partial charge < -0.3 is 10.1 Å². The highest BCUT2D eigenvalue weighted by Gasteiger charge is 2.17. The molecule has 0 saturated heterocycles. The SMILES string of the molecule is CNC(Cc1c(Cl)cccc1Cl)c1ccccc1OC. The minimum absolute atomic E-state index is 0.0866. The first-order chi connectivity index (χ1) is 9.67. The number of benzene rings is 2. The number of hydrogen-bond acceptors (Lipinski definition) is 2. The Kier molecular flexibility index (Phi) is 5.30. The fourth-order valence-electron chi connectivity index (χ4n) is 2.25. The van der Waals surface area contributed by atoms with Gasteiger partial charge in [-0.05, 0) is 37.2 Å². The highest BCUT2D eigenvalue weighted by molar-refractivity contribution is 6.36. The summed E-state index contributed by atoms with van der Waals surface area (Å²) in [7, 11) is 3.59. The van der Waals surface area contributed by atoms with E-state index in [1.54, 1.807) is 7.11 Å². The van der Waals surface area contributed by atoms with Crippen molar-refractivity contribution in [1.29, 1.82) is 0 Å². The standard InChI is InChI=1S/C16H17Cl2NO/c1-19-15(11-6-3-4-9-16(11)20-2)10-12-13(17)7-5-8-14(12)18/h3-9,15,19H,10H2,1-2H3. The summed E-state index contributed by atoms with van der Waals surface area (Å²) in [5.74, 6) is 0.857. The lowest BCUT2D eigenvalue weighted by Gasteiger charge is -2.20. The predicted molar refractivity (Wildman–Crippen MR) is 85.0 cm³/mol. The molecule has 0 spiro atoms. The molecule has 106 valence electrons. The lowest BCUT2D eigenvalue weighted by Crippen LogP contribution is -2.20. The average molecular weight is 310 g/mol. The Hall–Kier alpha value is -1.22. The van der Waals surface area contributed by atoms with E-state index >= 15 is 0 Å². The molecule has 20 heavy (non-hydrogen) atoms. The maximum absolute atomic E-state index is 6.25. The van der Waals surface area contributed by atoms with Gasteiger partial charge in [-0.15, -0.1) is 0 Å². The summed E-state index contributed by atoms with van der Waals surface area (Å²) >= 11 is 12.5. The number of likely N-dealkylation sites (N-methyl/N-ethyl adjacent to an activating group) is 1. The minimum Gasteiger partial charge on any atom is -0.496 e. The molecule has 1 atom stereocenters. The van der Waals surface area contributed by atoms with E-state index in [0.717, 1.165) is 16.9 Å². The molecule has 0 bridgehead atoms. The van der Waals surface area contributed by atoms with Crippen LogP contribution >= 0.6 is 23.2 Å². The summed E-state index contributed by atoms with van der Waals surface area (Å²) in [6.07, 6.45) is 0.704. The highest BCUT2D eigenvalue weighted by Crippen LogP contribution is 2.32. The van der Waals surface area contributed by atoms with Gasteiger partial charge in [-0.3, -0.25) is 0 Å². The molecule has 0 aliphatic carbocycles. The number of halogens is 2. The molecule has 2 aromatic carbocycles. The molecule has 2 aromatic rings. The molecule has 0 aliphatic heterocycles. The third-order valence-electron chi connectivity index (χ3n) is 3.33. The second kappa shape index (κ2) is 6.98. The Morgan fingerprint density at radius 3 is 2.30 bits per heavy atom. The van der Waals surface area contributed by atoms with E-state index in [0.29, 0.717) is 16.5 Å². The lowest BCUT2D eigenvalue weighted by atomic mass is 9.98. The summed E-state index contributed by atoms with van der Waals surface area (Å²) < 4.78 is 5.42. The highest BCUT2D eigenvalue weighted by atomic mass is 35.5. The van der Waals surface area contributed by atoms with Crippen molar-refractivity contribution in [2.75, 3.05) is 14.2 Å². The third-order valence-corrected chi connectivity index (χ3v) is 4.04. The van der Waals surface area contributed by atoms with Crippen molar-refractivity contribution < 1.29 is 4.74 Å². The quantitative estimate of drug-likeness (QED) is 0.877. The molecule has 0 amide bonds. The van der Waals surface area contributed by atoms with Crippen LogP contribution in [0.1, 0.15) is 17.2 Å². The van der Waals surface area contributed by atoms with Crippen LogP contribution in [0.2, 0.25) is 10.0 Å². The van der Waals surface area contributed by atoms with Gasteiger partial charge >= 0.3 is 0 Å². The molecule has 0 radical (unpaired) electrons. The van der Waals surface area contributed by atoms with Crippen molar-refractivity contribution in [3.63, 3.8) is 0 Å². The summed E-state index contributed by atoms with van der Waals surface area (Å²) in [5, 5.41) is 4.67. The molecule has 4 heteroatoms. The summed E-state index contributed by atoms with van der Waals surface area (Å²) in [4.78, 5) is 0. The van der Waals surface area contributed by atoms with Crippen LogP contribution in [-0.4, -0.2) is 14.2 Å². The van der Waals surface area contributed by atoms with Crippen molar-refractivity contribution in [3.8, 4) is 5.75 Å². The van der Waals surface area contributed by atoms with E-state index in [2.05, 4.69) is 5.32 Å². The number of nitrogens with one attached hydrogen (secondary N) is 1. The number of hydrogen-bond donors (Lipinski definition) is 1. The molecule has 0 fully saturated rings. The van der Waals surface area contributed by atoms with Crippen LogP contribution in [-0.2, 0) is 6.42 Å². The molecule has 0 saturated carbocycles. The average Bonchev–Trinajstić information content (AvgIpc) is 2.47. The van der Waals surface area contributed by atoms with Crippen molar-refractivity contribution in [2.45, 2.75) is 12.5 Å². The Morgan fingerprint density at radius 2 is 1.70 bits per heavy atom. The maximum Gasteiger partial charge on any atom is 0.123 e. The van der Waals surface area contributed by atoms with E-state index in [4.69, 9.17) is 27.9 Å². The van der Waals surface area contributed by atoms with Gasteiger partial charge in [0.2, 0.25) is 0 Å². The number of methoxy groups -OCH3 is 1. The molecular weight excluding hydrogens is 293 g/mol. The molecule has 1 N–H and O–H groups in total. The topological polar surface area (TPSA) is 21.3 Å². The first-order valence-corrected chi connectivity index (χ1v) is 7.16. The monoisotopic (exact) mass is 309 g/mol. The van der Waals surface area contributed by atoms with Crippen LogP contribution in [0.4, 0.5) is 0 Å². The fourth-order valence-corrected chi connectivity index (χ4v) is 2.81. The molecule has 0 heterocycles. The van der Waals surface area contributed by atoms with Gasteiger partial charge in [0.25, 0.3) is 0 Å². The van der Waals surface area contributed by atoms with Crippen molar-refractivity contribution in [3.05, 3.63) is 63.6 Å². The van der Waals surface area contributed by atoms with Gasteiger partial charge in [0, 0.05) is 21.7 Å². The fraction of sp³-hybridized carbons (Fsp3) is 0.250. The van der Waals surface area contributed by atoms with Crippen LogP contribution in [0, 0.1) is 0 Å². The zero-order chi connectivity index (χ0) is 14.5. The first kappa shape index (κ1) is 15.2. The Labute approximate surface area is 129 Å². The first-order valence-electron chi connectivity index (χ1n) is 6.40. The largest absolute Gasteiger partial charge is 0.496 e. The lowest BCUT2D eigenvalue weighted by molar-refractivity contribution is 0.401. The molecule has 0 aliphatic rings. The van der Waals surface area contributed by atoms with Crippen molar-refractivity contribution in [1.82, 2.24) is 5.32 Å². The normalized spacial score (nSPS) is 12.2. The van der Waals surface area contributed by atoms with E-state index in [1.165, 1.54) is 0 Å². The van der Waals surface area contributed by atoms with Gasteiger partial charge in [0.05, 0.1) is 7.11 Å². The van der Waals surface area contributed by atoms with Gasteiger partial charge in [-0.2, -0.15) is 0 Å². The van der Waals surface area contributed by atoms with Crippen molar-refractivity contribution >= 4 is 23.2 Å².